The van der Waals surface area contributed by atoms with Crippen molar-refractivity contribution in [3.8, 4) is 5.75 Å². The Kier molecular flexibility index (Phi) is 5.18. The van der Waals surface area contributed by atoms with Crippen LogP contribution in [0.2, 0.25) is 0 Å². The third-order valence-electron chi connectivity index (χ3n) is 4.44. The second-order valence-electron chi connectivity index (χ2n) is 6.34. The molecule has 2 aromatic rings. The molecule has 1 saturated heterocycles. The Labute approximate surface area is 154 Å². The molecule has 1 aliphatic heterocycles. The summed E-state index contributed by atoms with van der Waals surface area (Å²) in [6.45, 7) is 6.36. The van der Waals surface area contributed by atoms with E-state index in [0.29, 0.717) is 13.1 Å². The van der Waals surface area contributed by atoms with Crippen LogP contribution in [0, 0.1) is 6.92 Å². The van der Waals surface area contributed by atoms with Crippen molar-refractivity contribution in [2.24, 2.45) is 0 Å². The van der Waals surface area contributed by atoms with Crippen LogP contribution in [0.3, 0.4) is 0 Å². The average Bonchev–Trinajstić information content (AvgIpc) is 2.62. The predicted molar refractivity (Wildman–Crippen MR) is 99.9 cm³/mol. The molecule has 1 fully saturated rings. The second kappa shape index (κ2) is 7.37. The summed E-state index contributed by atoms with van der Waals surface area (Å²) in [5.74, 6) is 0.367. The number of piperazine rings is 1. The van der Waals surface area contributed by atoms with Crippen LogP contribution in [-0.4, -0.2) is 45.4 Å². The standard InChI is InChI=1S/C19H22N2O4S/c1-15-3-9-19(10-4-15)26(23,24)25-18-7-5-17(6-8-18)21-13-11-20(12-14-21)16(2)22/h3-10H,11-14H2,1-2H3. The minimum absolute atomic E-state index is 0.0923. The van der Waals surface area contributed by atoms with Crippen molar-refractivity contribution < 1.29 is 17.4 Å². The van der Waals surface area contributed by atoms with E-state index in [0.717, 1.165) is 24.3 Å². The molecule has 0 bridgehead atoms. The lowest BCUT2D eigenvalue weighted by atomic mass is 10.2. The zero-order valence-corrected chi connectivity index (χ0v) is 15.7. The highest BCUT2D eigenvalue weighted by Crippen LogP contribution is 2.23. The lowest BCUT2D eigenvalue weighted by Gasteiger charge is -2.35. The molecule has 6 nitrogen and oxygen atoms in total. The van der Waals surface area contributed by atoms with Gasteiger partial charge in [-0.2, -0.15) is 8.42 Å². The van der Waals surface area contributed by atoms with Gasteiger partial charge in [-0.25, -0.2) is 0 Å². The predicted octanol–water partition coefficient (Wildman–Crippen LogP) is 2.43. The van der Waals surface area contributed by atoms with E-state index in [1.54, 1.807) is 31.2 Å². The van der Waals surface area contributed by atoms with Crippen LogP contribution in [0.5, 0.6) is 5.75 Å². The van der Waals surface area contributed by atoms with Crippen LogP contribution in [-0.2, 0) is 14.9 Å². The molecule has 138 valence electrons. The fourth-order valence-electron chi connectivity index (χ4n) is 2.87. The lowest BCUT2D eigenvalue weighted by Crippen LogP contribution is -2.48. The molecule has 1 heterocycles. The number of hydrogen-bond acceptors (Lipinski definition) is 5. The Bertz CT molecular complexity index is 869. The quantitative estimate of drug-likeness (QED) is 0.769. The van der Waals surface area contributed by atoms with E-state index in [1.165, 1.54) is 12.1 Å². The summed E-state index contributed by atoms with van der Waals surface area (Å²) in [7, 11) is -3.84. The summed E-state index contributed by atoms with van der Waals surface area (Å²) >= 11 is 0. The minimum Gasteiger partial charge on any atom is -0.379 e. The molecule has 0 spiro atoms. The minimum atomic E-state index is -3.84. The fourth-order valence-corrected chi connectivity index (χ4v) is 3.80. The Morgan fingerprint density at radius 3 is 2.04 bits per heavy atom. The van der Waals surface area contributed by atoms with Gasteiger partial charge in [0.15, 0.2) is 0 Å². The van der Waals surface area contributed by atoms with E-state index in [2.05, 4.69) is 4.90 Å². The topological polar surface area (TPSA) is 66.9 Å². The molecule has 26 heavy (non-hydrogen) atoms. The Balaban J connectivity index is 1.66. The van der Waals surface area contributed by atoms with Gasteiger partial charge in [0.2, 0.25) is 5.91 Å². The summed E-state index contributed by atoms with van der Waals surface area (Å²) in [5, 5.41) is 0. The van der Waals surface area contributed by atoms with Gasteiger partial charge in [-0.15, -0.1) is 0 Å². The van der Waals surface area contributed by atoms with Gasteiger partial charge in [0, 0.05) is 38.8 Å². The van der Waals surface area contributed by atoms with E-state index in [-0.39, 0.29) is 16.6 Å². The number of hydrogen-bond donors (Lipinski definition) is 0. The van der Waals surface area contributed by atoms with Crippen LogP contribution in [0.15, 0.2) is 53.4 Å². The summed E-state index contributed by atoms with van der Waals surface area (Å²) in [6.07, 6.45) is 0. The summed E-state index contributed by atoms with van der Waals surface area (Å²) in [5.41, 5.74) is 1.96. The van der Waals surface area contributed by atoms with Crippen molar-refractivity contribution in [1.29, 1.82) is 0 Å². The molecule has 0 saturated carbocycles. The van der Waals surface area contributed by atoms with Crippen LogP contribution >= 0.6 is 0 Å². The molecular weight excluding hydrogens is 352 g/mol. The van der Waals surface area contributed by atoms with Gasteiger partial charge >= 0.3 is 10.1 Å². The van der Waals surface area contributed by atoms with Crippen molar-refractivity contribution in [1.82, 2.24) is 4.90 Å². The van der Waals surface area contributed by atoms with Crippen molar-refractivity contribution in [3.05, 3.63) is 54.1 Å². The van der Waals surface area contributed by atoms with Gasteiger partial charge in [-0.05, 0) is 43.3 Å². The lowest BCUT2D eigenvalue weighted by molar-refractivity contribution is -0.129. The maximum atomic E-state index is 12.3. The molecule has 0 unspecified atom stereocenters. The first-order valence-electron chi connectivity index (χ1n) is 8.47. The highest BCUT2D eigenvalue weighted by Gasteiger charge is 2.20. The smallest absolute Gasteiger partial charge is 0.339 e. The van der Waals surface area contributed by atoms with E-state index >= 15 is 0 Å². The Morgan fingerprint density at radius 2 is 1.50 bits per heavy atom. The van der Waals surface area contributed by atoms with Gasteiger partial charge in [-0.1, -0.05) is 17.7 Å². The SMILES string of the molecule is CC(=O)N1CCN(c2ccc(OS(=O)(=O)c3ccc(C)cc3)cc2)CC1. The first-order valence-corrected chi connectivity index (χ1v) is 9.88. The van der Waals surface area contributed by atoms with E-state index in [1.807, 2.05) is 24.0 Å². The second-order valence-corrected chi connectivity index (χ2v) is 7.88. The molecule has 0 aromatic heterocycles. The normalized spacial score (nSPS) is 15.0. The summed E-state index contributed by atoms with van der Waals surface area (Å²) in [4.78, 5) is 15.5. The summed E-state index contributed by atoms with van der Waals surface area (Å²) in [6, 6.07) is 13.5. The molecule has 0 N–H and O–H groups in total. The highest BCUT2D eigenvalue weighted by atomic mass is 32.2. The third-order valence-corrected chi connectivity index (χ3v) is 5.70. The number of amides is 1. The largest absolute Gasteiger partial charge is 0.379 e. The zero-order chi connectivity index (χ0) is 18.7. The molecule has 3 rings (SSSR count). The van der Waals surface area contributed by atoms with Gasteiger partial charge in [0.1, 0.15) is 10.6 Å². The third kappa shape index (κ3) is 4.16. The van der Waals surface area contributed by atoms with Crippen molar-refractivity contribution >= 4 is 21.7 Å². The molecule has 2 aromatic carbocycles. The molecule has 1 aliphatic rings. The molecule has 0 atom stereocenters. The highest BCUT2D eigenvalue weighted by molar-refractivity contribution is 7.87. The monoisotopic (exact) mass is 374 g/mol. The zero-order valence-electron chi connectivity index (χ0n) is 14.9. The maximum Gasteiger partial charge on any atom is 0.339 e. The van der Waals surface area contributed by atoms with E-state index in [9.17, 15) is 13.2 Å². The molecule has 0 aliphatic carbocycles. The summed E-state index contributed by atoms with van der Waals surface area (Å²) < 4.78 is 29.9. The fraction of sp³-hybridized carbons (Fsp3) is 0.316. The van der Waals surface area contributed by atoms with Crippen molar-refractivity contribution in [2.45, 2.75) is 18.7 Å². The van der Waals surface area contributed by atoms with Gasteiger partial charge in [0.05, 0.1) is 0 Å². The number of anilines is 1. The Morgan fingerprint density at radius 1 is 0.923 bits per heavy atom. The first-order chi connectivity index (χ1) is 12.3. The maximum absolute atomic E-state index is 12.3. The van der Waals surface area contributed by atoms with Crippen LogP contribution in [0.1, 0.15) is 12.5 Å². The van der Waals surface area contributed by atoms with Crippen molar-refractivity contribution in [3.63, 3.8) is 0 Å². The number of aryl methyl sites for hydroxylation is 1. The van der Waals surface area contributed by atoms with Gasteiger partial charge in [-0.3, -0.25) is 4.79 Å². The van der Waals surface area contributed by atoms with Crippen LogP contribution in [0.4, 0.5) is 5.69 Å². The van der Waals surface area contributed by atoms with Crippen LogP contribution in [0.25, 0.3) is 0 Å². The number of nitrogens with zero attached hydrogens (tertiary/aromatic N) is 2. The first kappa shape index (κ1) is 18.3. The number of carbonyl (C=O) groups excluding carboxylic acids is 1. The molecule has 7 heteroatoms. The van der Waals surface area contributed by atoms with Crippen molar-refractivity contribution in [2.75, 3.05) is 31.1 Å². The molecule has 0 radical (unpaired) electrons. The average molecular weight is 374 g/mol. The molecule has 1 amide bonds. The van der Waals surface area contributed by atoms with Gasteiger partial charge in [0.25, 0.3) is 0 Å². The Hall–Kier alpha value is -2.54. The van der Waals surface area contributed by atoms with E-state index in [4.69, 9.17) is 4.18 Å². The number of carbonyl (C=O) groups is 1. The van der Waals surface area contributed by atoms with E-state index < -0.39 is 10.1 Å². The molecular formula is C19H22N2O4S. The number of benzene rings is 2. The van der Waals surface area contributed by atoms with Gasteiger partial charge < -0.3 is 14.0 Å². The van der Waals surface area contributed by atoms with Crippen LogP contribution < -0.4 is 9.08 Å². The number of rotatable bonds is 4.